The van der Waals surface area contributed by atoms with Gasteiger partial charge < -0.3 is 22.4 Å². The van der Waals surface area contributed by atoms with Gasteiger partial charge in [0, 0.05) is 140 Å². The Morgan fingerprint density at radius 3 is 1.15 bits per heavy atom. The number of alkyl halides is 1. The summed E-state index contributed by atoms with van der Waals surface area (Å²) in [5.41, 5.74) is 9.76. The van der Waals surface area contributed by atoms with E-state index >= 15 is 0 Å². The summed E-state index contributed by atoms with van der Waals surface area (Å²) in [5.74, 6) is 11.4. The van der Waals surface area contributed by atoms with E-state index in [0.717, 1.165) is 27.9 Å². The van der Waals surface area contributed by atoms with Crippen LogP contribution in [0.5, 0.6) is 0 Å². The van der Waals surface area contributed by atoms with Crippen LogP contribution in [0.2, 0.25) is 0 Å². The molecule has 0 aliphatic carbocycles. The summed E-state index contributed by atoms with van der Waals surface area (Å²) in [6.45, 7) is 62.2. The highest BCUT2D eigenvalue weighted by atomic mass is 32.1. The van der Waals surface area contributed by atoms with E-state index in [4.69, 9.17) is 13.3 Å². The van der Waals surface area contributed by atoms with Gasteiger partial charge in [-0.25, -0.2) is 24.3 Å². The molecule has 14 aromatic heterocycles. The van der Waals surface area contributed by atoms with Gasteiger partial charge in [-0.1, -0.05) is 248 Å². The van der Waals surface area contributed by atoms with E-state index in [0.29, 0.717) is 82.9 Å². The topological polar surface area (TPSA) is 140 Å². The zero-order valence-electron chi connectivity index (χ0n) is 81.6. The number of halogens is 1. The fourth-order valence-electron chi connectivity index (χ4n) is 10.3. The Morgan fingerprint density at radius 2 is 0.865 bits per heavy atom. The van der Waals surface area contributed by atoms with Crippen molar-refractivity contribution < 1.29 is 17.6 Å². The van der Waals surface area contributed by atoms with Crippen molar-refractivity contribution in [1.82, 2.24) is 44.0 Å². The lowest BCUT2D eigenvalue weighted by atomic mass is 10.0. The van der Waals surface area contributed by atoms with Gasteiger partial charge in [-0.15, -0.1) is 68.0 Å². The van der Waals surface area contributed by atoms with Crippen molar-refractivity contribution in [3.05, 3.63) is 346 Å². The number of oxazole rings is 1. The Morgan fingerprint density at radius 1 is 0.317 bits per heavy atom. The quantitative estimate of drug-likeness (QED) is 0.0918. The molecule has 0 fully saturated rings. The molecule has 0 saturated carbocycles. The van der Waals surface area contributed by atoms with Crippen LogP contribution in [0.3, 0.4) is 0 Å². The number of aromatic nitrogens is 9. The van der Waals surface area contributed by atoms with Gasteiger partial charge in [-0.2, -0.15) is 0 Å². The Labute approximate surface area is 784 Å². The first kappa shape index (κ1) is 113. The predicted molar refractivity (Wildman–Crippen MR) is 549 cm³/mol. The molecule has 0 aliphatic heterocycles. The second-order valence-corrected chi connectivity index (χ2v) is 40.3. The number of rotatable bonds is 16. The van der Waals surface area contributed by atoms with Crippen molar-refractivity contribution in [3.63, 3.8) is 0 Å². The minimum absolute atomic E-state index is 0.456. The maximum atomic E-state index is 12.7. The molecular formula is C107H152FN9O3S6. The lowest BCUT2D eigenvalue weighted by Crippen LogP contribution is -1.95. The fraction of sp³-hybridized carbons (Fsp3) is 0.430. The molecule has 1 atom stereocenters. The third-order valence-electron chi connectivity index (χ3n) is 18.3. The lowest BCUT2D eigenvalue weighted by molar-refractivity contribution is 0.380. The molecule has 12 nitrogen and oxygen atoms in total. The Bertz CT molecular complexity index is 4350. The van der Waals surface area contributed by atoms with Crippen LogP contribution < -0.4 is 0 Å². The van der Waals surface area contributed by atoms with Crippen LogP contribution in [0.25, 0.3) is 10.6 Å². The Hall–Kier alpha value is -9.08. The van der Waals surface area contributed by atoms with E-state index in [-0.39, 0.29) is 0 Å². The number of thiophene rings is 4. The van der Waals surface area contributed by atoms with Crippen molar-refractivity contribution in [3.8, 4) is 10.6 Å². The molecule has 14 heterocycles. The second-order valence-electron chi connectivity index (χ2n) is 34.2. The molecule has 0 spiro atoms. The first-order valence-electron chi connectivity index (χ1n) is 44.3. The predicted octanol–water partition coefficient (Wildman–Crippen LogP) is 35.6. The number of furan rings is 2. The molecule has 0 radical (unpaired) electrons. The maximum absolute atomic E-state index is 12.7. The average Bonchev–Trinajstić information content (AvgIpc) is 1.72. The number of aryl methyl sites for hydroxylation is 2. The molecule has 686 valence electrons. The average molecular weight is 1820 g/mol. The van der Waals surface area contributed by atoms with Crippen LogP contribution in [0.4, 0.5) is 4.39 Å². The number of hydrogen-bond donors (Lipinski definition) is 0. The molecule has 0 amide bonds. The highest BCUT2D eigenvalue weighted by Crippen LogP contribution is 2.33. The van der Waals surface area contributed by atoms with Crippen LogP contribution in [0, 0.1) is 0 Å². The standard InChI is InChI=1S/C11H12OS.C9H13FS.C9H12.2C8H13N.2C8H11N.C7H10N2.C7H10O.2C7H10S.C6H9NO.2C6H9NS/c1-8(2)10-5-6-11(13-10)9-4-3-7-12-9;1-6(2)8-4-5-9(11-8)7(3)10;1-8(2)9-6-4-3-5-7-9;1-7(2)8-4-5-9(3)6-8;1-7(2)8-5-4-6-9(8)3;1-7(2)8-4-3-5-9-6-8;1-7(2)8-5-3-4-6-9-8;1-6(2)7-3-8-5-9-4-7;3*1-6(2)7-4-3-5-8-7;2*1-5(2)6-3-7-4-8-6;1-5(2)6-7-3-4-8-6/h3-8H,1-2H3;4-7H,1-3H3;3-8H,1-2H3;2*4-7H,1-3H3;2*3-7H,1-2H3;3-6H,1-2H3;3*3-6H,1-2H3;3*3-5H,1-2H3. The molecule has 15 rings (SSSR count). The fourth-order valence-corrected chi connectivity index (χ4v) is 15.0. The van der Waals surface area contributed by atoms with E-state index in [2.05, 4.69) is 359 Å². The SMILES string of the molecule is CC(C)c1ccc(-c2ccco2)s1.CC(C)c1ccc(C(C)F)s1.CC(C)c1ccccc1.CC(C)c1ccccn1.CC(C)c1cccn1C.CC(C)c1cccnc1.CC(C)c1ccco1.CC(C)c1cccs1.CC(C)c1cccs1.CC(C)c1ccn(C)c1.CC(C)c1cncnc1.CC(C)c1cnco1.CC(C)c1cncs1.CC(C)c1nccs1. The second kappa shape index (κ2) is 65.5. The van der Waals surface area contributed by atoms with Crippen LogP contribution >= 0.6 is 68.0 Å². The summed E-state index contributed by atoms with van der Waals surface area (Å²) in [6, 6.07) is 51.5. The molecular weight excluding hydrogens is 1670 g/mol. The van der Waals surface area contributed by atoms with E-state index in [9.17, 15) is 4.39 Å². The van der Waals surface area contributed by atoms with Crippen molar-refractivity contribution in [1.29, 1.82) is 0 Å². The monoisotopic (exact) mass is 1820 g/mol. The van der Waals surface area contributed by atoms with Gasteiger partial charge >= 0.3 is 0 Å². The smallest absolute Gasteiger partial charge is 0.180 e. The summed E-state index contributed by atoms with van der Waals surface area (Å²) in [6.07, 6.45) is 26.7. The highest BCUT2D eigenvalue weighted by molar-refractivity contribution is 7.15. The Balaban J connectivity index is 0.000000461. The lowest BCUT2D eigenvalue weighted by Gasteiger charge is -2.04. The summed E-state index contributed by atoms with van der Waals surface area (Å²) < 4.78 is 32.4. The van der Waals surface area contributed by atoms with Crippen molar-refractivity contribution in [2.24, 2.45) is 14.1 Å². The zero-order chi connectivity index (χ0) is 94.1. The van der Waals surface area contributed by atoms with Crippen LogP contribution in [0.15, 0.2) is 280 Å². The molecule has 0 bridgehead atoms. The number of pyridine rings is 2. The molecule has 0 saturated heterocycles. The van der Waals surface area contributed by atoms with Gasteiger partial charge in [-0.05, 0) is 202 Å². The van der Waals surface area contributed by atoms with E-state index in [1.54, 1.807) is 83.5 Å². The van der Waals surface area contributed by atoms with Gasteiger partial charge in [0.2, 0.25) is 0 Å². The van der Waals surface area contributed by atoms with Gasteiger partial charge in [0.15, 0.2) is 6.39 Å². The van der Waals surface area contributed by atoms with Crippen LogP contribution in [0.1, 0.15) is 369 Å². The first-order chi connectivity index (χ1) is 59.8. The normalized spacial score (nSPS) is 10.7. The van der Waals surface area contributed by atoms with Gasteiger partial charge in [0.05, 0.1) is 34.1 Å². The number of thiazole rings is 2. The summed E-state index contributed by atoms with van der Waals surface area (Å²) in [7, 11) is 4.13. The highest BCUT2D eigenvalue weighted by Gasteiger charge is 2.11. The van der Waals surface area contributed by atoms with E-state index in [1.807, 2.05) is 145 Å². The minimum Gasteiger partial charge on any atom is -0.469 e. The number of benzene rings is 1. The first-order valence-corrected chi connectivity index (χ1v) is 49.5. The van der Waals surface area contributed by atoms with Crippen LogP contribution in [-0.2, 0) is 14.1 Å². The van der Waals surface area contributed by atoms with Gasteiger partial charge in [-0.3, -0.25) is 15.0 Å². The molecule has 1 unspecified atom stereocenters. The zero-order valence-corrected chi connectivity index (χ0v) is 86.5. The van der Waals surface area contributed by atoms with E-state index < -0.39 is 6.17 Å². The minimum atomic E-state index is -0.813. The van der Waals surface area contributed by atoms with Crippen molar-refractivity contribution in [2.45, 2.75) is 290 Å². The summed E-state index contributed by atoms with van der Waals surface area (Å²) in [4.78, 5) is 36.9. The van der Waals surface area contributed by atoms with Crippen molar-refractivity contribution >= 4 is 68.0 Å². The Kier molecular flexibility index (Phi) is 58.7. The molecule has 0 N–H and O–H groups in total. The largest absolute Gasteiger partial charge is 0.469 e. The van der Waals surface area contributed by atoms with Crippen molar-refractivity contribution in [2.75, 3.05) is 0 Å². The molecule has 15 aromatic rings. The third-order valence-corrected chi connectivity index (χ3v) is 25.8. The number of nitrogens with zero attached hydrogens (tertiary/aromatic N) is 9. The molecule has 1 aromatic carbocycles. The number of hydrogen-bond acceptors (Lipinski definition) is 16. The molecule has 19 heteroatoms. The van der Waals surface area contributed by atoms with Gasteiger partial charge in [0.1, 0.15) is 29.8 Å². The van der Waals surface area contributed by atoms with E-state index in [1.165, 1.54) is 68.6 Å². The summed E-state index contributed by atoms with van der Waals surface area (Å²) >= 11 is 10.5. The molecule has 126 heavy (non-hydrogen) atoms. The third kappa shape index (κ3) is 49.9. The van der Waals surface area contributed by atoms with Crippen LogP contribution in [-0.4, -0.2) is 44.0 Å². The van der Waals surface area contributed by atoms with Gasteiger partial charge in [0.25, 0.3) is 0 Å². The summed E-state index contributed by atoms with van der Waals surface area (Å²) in [5, 5.41) is 7.48. The molecule has 0 aliphatic rings. The maximum Gasteiger partial charge on any atom is 0.180 e.